The number of ether oxygens (including phenoxy) is 2. The average molecular weight is 393 g/mol. The summed E-state index contributed by atoms with van der Waals surface area (Å²) in [5.41, 5.74) is 9.90. The third-order valence-corrected chi connectivity index (χ3v) is 4.17. The summed E-state index contributed by atoms with van der Waals surface area (Å²) in [5, 5.41) is 2.94. The second kappa shape index (κ2) is 12.5. The lowest BCUT2D eigenvalue weighted by atomic mass is 10.0. The molecule has 1 atom stereocenters. The molecule has 0 unspecified atom stereocenters. The molecule has 0 aliphatic heterocycles. The maximum absolute atomic E-state index is 12.4. The van der Waals surface area contributed by atoms with Gasteiger partial charge in [0.2, 0.25) is 5.91 Å². The average Bonchev–Trinajstić information content (AvgIpc) is 2.65. The van der Waals surface area contributed by atoms with Gasteiger partial charge in [-0.3, -0.25) is 4.79 Å². The second-order valence-electron chi connectivity index (χ2n) is 6.12. The number of nitrogens with two attached hydrogens (primary N) is 1. The van der Waals surface area contributed by atoms with Crippen LogP contribution in [0.1, 0.15) is 23.6 Å². The van der Waals surface area contributed by atoms with E-state index in [0.29, 0.717) is 32.8 Å². The Morgan fingerprint density at radius 2 is 1.78 bits per heavy atom. The number of hydrogen-bond donors (Lipinski definition) is 2. The highest BCUT2D eigenvalue weighted by Crippen LogP contribution is 2.20. The first-order valence-electron chi connectivity index (χ1n) is 8.96. The number of benzene rings is 2. The maximum Gasteiger partial charge on any atom is 0.241 e. The Bertz CT molecular complexity index is 695. The Hall–Kier alpha value is -1.92. The fourth-order valence-electron chi connectivity index (χ4n) is 2.61. The number of hydrogen-bond acceptors (Lipinski definition) is 4. The van der Waals surface area contributed by atoms with Gasteiger partial charge in [-0.15, -0.1) is 12.4 Å². The Balaban J connectivity index is 0.00000364. The molecule has 0 bridgehead atoms. The lowest BCUT2D eigenvalue weighted by molar-refractivity contribution is -0.117. The highest BCUT2D eigenvalue weighted by Gasteiger charge is 2.15. The van der Waals surface area contributed by atoms with E-state index in [0.717, 1.165) is 22.4 Å². The molecule has 0 radical (unpaired) electrons. The molecule has 0 fully saturated rings. The predicted molar refractivity (Wildman–Crippen MR) is 111 cm³/mol. The number of carbonyl (C=O) groups excluding carboxylic acids is 1. The van der Waals surface area contributed by atoms with E-state index in [4.69, 9.17) is 15.2 Å². The molecule has 27 heavy (non-hydrogen) atoms. The Labute approximate surface area is 167 Å². The lowest BCUT2D eigenvalue weighted by Crippen LogP contribution is -2.37. The largest absolute Gasteiger partial charge is 0.379 e. The first kappa shape index (κ1) is 23.1. The Morgan fingerprint density at radius 3 is 2.48 bits per heavy atom. The van der Waals surface area contributed by atoms with Gasteiger partial charge in [0.15, 0.2) is 0 Å². The van der Waals surface area contributed by atoms with Gasteiger partial charge in [0.05, 0.1) is 25.9 Å². The first-order chi connectivity index (χ1) is 12.6. The smallest absolute Gasteiger partial charge is 0.241 e. The molecule has 0 saturated heterocycles. The SMILES string of the molecule is CCOCCOCc1cccc(NC(=O)[C@@H](N)Cc2ccccc2)c1C.Cl. The topological polar surface area (TPSA) is 73.6 Å². The van der Waals surface area contributed by atoms with E-state index in [-0.39, 0.29) is 18.3 Å². The minimum Gasteiger partial charge on any atom is -0.379 e. The molecular weight excluding hydrogens is 364 g/mol. The third kappa shape index (κ3) is 7.69. The van der Waals surface area contributed by atoms with Crippen molar-refractivity contribution in [2.24, 2.45) is 5.73 Å². The van der Waals surface area contributed by atoms with Gasteiger partial charge in [-0.2, -0.15) is 0 Å². The van der Waals surface area contributed by atoms with Crippen molar-refractivity contribution in [3.05, 3.63) is 65.2 Å². The molecule has 0 aromatic heterocycles. The summed E-state index contributed by atoms with van der Waals surface area (Å²) < 4.78 is 10.9. The fraction of sp³-hybridized carbons (Fsp3) is 0.381. The molecule has 148 valence electrons. The summed E-state index contributed by atoms with van der Waals surface area (Å²) in [5.74, 6) is -0.189. The van der Waals surface area contributed by atoms with Crippen molar-refractivity contribution < 1.29 is 14.3 Å². The van der Waals surface area contributed by atoms with Crippen LogP contribution >= 0.6 is 12.4 Å². The molecule has 0 aliphatic carbocycles. The summed E-state index contributed by atoms with van der Waals surface area (Å²) >= 11 is 0. The minimum atomic E-state index is -0.595. The molecule has 2 aromatic carbocycles. The van der Waals surface area contributed by atoms with E-state index in [1.54, 1.807) is 0 Å². The molecule has 0 saturated carbocycles. The Morgan fingerprint density at radius 1 is 1.07 bits per heavy atom. The summed E-state index contributed by atoms with van der Waals surface area (Å²) in [7, 11) is 0. The van der Waals surface area contributed by atoms with E-state index in [9.17, 15) is 4.79 Å². The van der Waals surface area contributed by atoms with Crippen LogP contribution in [-0.4, -0.2) is 31.8 Å². The van der Waals surface area contributed by atoms with Crippen LogP contribution in [0, 0.1) is 6.92 Å². The van der Waals surface area contributed by atoms with Crippen LogP contribution < -0.4 is 11.1 Å². The zero-order valence-electron chi connectivity index (χ0n) is 15.9. The van der Waals surface area contributed by atoms with Crippen molar-refractivity contribution in [2.45, 2.75) is 32.9 Å². The van der Waals surface area contributed by atoms with Crippen LogP contribution in [0.25, 0.3) is 0 Å². The van der Waals surface area contributed by atoms with E-state index in [1.165, 1.54) is 0 Å². The van der Waals surface area contributed by atoms with Crippen LogP contribution in [0.4, 0.5) is 5.69 Å². The van der Waals surface area contributed by atoms with Gasteiger partial charge >= 0.3 is 0 Å². The zero-order valence-corrected chi connectivity index (χ0v) is 16.8. The van der Waals surface area contributed by atoms with E-state index in [1.807, 2.05) is 62.4 Å². The summed E-state index contributed by atoms with van der Waals surface area (Å²) in [6, 6.07) is 15.0. The number of halogens is 1. The summed E-state index contributed by atoms with van der Waals surface area (Å²) in [4.78, 5) is 12.4. The number of nitrogens with one attached hydrogen (secondary N) is 1. The van der Waals surface area contributed by atoms with Crippen molar-refractivity contribution in [1.82, 2.24) is 0 Å². The number of carbonyl (C=O) groups is 1. The molecule has 0 spiro atoms. The van der Waals surface area contributed by atoms with Gasteiger partial charge in [0.1, 0.15) is 0 Å². The molecular formula is C21H29ClN2O3. The predicted octanol–water partition coefficient (Wildman–Crippen LogP) is 3.48. The van der Waals surface area contributed by atoms with Gasteiger partial charge in [-0.25, -0.2) is 0 Å². The van der Waals surface area contributed by atoms with E-state index >= 15 is 0 Å². The maximum atomic E-state index is 12.4. The van der Waals surface area contributed by atoms with E-state index in [2.05, 4.69) is 5.32 Å². The lowest BCUT2D eigenvalue weighted by Gasteiger charge is -2.16. The number of anilines is 1. The zero-order chi connectivity index (χ0) is 18.8. The summed E-state index contributed by atoms with van der Waals surface area (Å²) in [6.07, 6.45) is 0.506. The van der Waals surface area contributed by atoms with Gasteiger partial charge in [-0.1, -0.05) is 42.5 Å². The fourth-order valence-corrected chi connectivity index (χ4v) is 2.61. The van der Waals surface area contributed by atoms with Gasteiger partial charge in [0, 0.05) is 12.3 Å². The molecule has 1 amide bonds. The standard InChI is InChI=1S/C21H28N2O3.ClH/c1-3-25-12-13-26-15-18-10-7-11-20(16(18)2)23-21(24)19(22)14-17-8-5-4-6-9-17;/h4-11,19H,3,12-15,22H2,1-2H3,(H,23,24);1H/t19-;/m0./s1. The van der Waals surface area contributed by atoms with Gasteiger partial charge in [-0.05, 0) is 43.0 Å². The summed E-state index contributed by atoms with van der Waals surface area (Å²) in [6.45, 7) is 6.23. The molecule has 6 heteroatoms. The van der Waals surface area contributed by atoms with Crippen LogP contribution in [0.15, 0.2) is 48.5 Å². The van der Waals surface area contributed by atoms with Crippen LogP contribution in [0.3, 0.4) is 0 Å². The minimum absolute atomic E-state index is 0. The number of rotatable bonds is 10. The monoisotopic (exact) mass is 392 g/mol. The van der Waals surface area contributed by atoms with Gasteiger partial charge in [0.25, 0.3) is 0 Å². The van der Waals surface area contributed by atoms with E-state index < -0.39 is 6.04 Å². The van der Waals surface area contributed by atoms with Crippen molar-refractivity contribution >= 4 is 24.0 Å². The highest BCUT2D eigenvalue weighted by molar-refractivity contribution is 5.95. The number of amides is 1. The Kier molecular flexibility index (Phi) is 10.7. The highest BCUT2D eigenvalue weighted by atomic mass is 35.5. The van der Waals surface area contributed by atoms with Crippen LogP contribution in [0.5, 0.6) is 0 Å². The quantitative estimate of drug-likeness (QED) is 0.607. The molecule has 5 nitrogen and oxygen atoms in total. The van der Waals surface area contributed by atoms with Gasteiger partial charge < -0.3 is 20.5 Å². The van der Waals surface area contributed by atoms with Crippen molar-refractivity contribution in [1.29, 1.82) is 0 Å². The van der Waals surface area contributed by atoms with Crippen molar-refractivity contribution in [3.63, 3.8) is 0 Å². The molecule has 0 heterocycles. The van der Waals surface area contributed by atoms with Crippen molar-refractivity contribution in [2.75, 3.05) is 25.1 Å². The second-order valence-corrected chi connectivity index (χ2v) is 6.12. The first-order valence-corrected chi connectivity index (χ1v) is 8.96. The van der Waals surface area contributed by atoms with Crippen LogP contribution in [0.2, 0.25) is 0 Å². The molecule has 3 N–H and O–H groups in total. The third-order valence-electron chi connectivity index (χ3n) is 4.17. The molecule has 0 aliphatic rings. The molecule has 2 rings (SSSR count). The normalized spacial score (nSPS) is 11.5. The van der Waals surface area contributed by atoms with Crippen LogP contribution in [-0.2, 0) is 27.3 Å². The molecule has 2 aromatic rings. The van der Waals surface area contributed by atoms with Crippen molar-refractivity contribution in [3.8, 4) is 0 Å².